The van der Waals surface area contributed by atoms with Crippen LogP contribution in [0.1, 0.15) is 42.6 Å². The van der Waals surface area contributed by atoms with Crippen molar-refractivity contribution >= 4 is 29.1 Å². The predicted molar refractivity (Wildman–Crippen MR) is 124 cm³/mol. The van der Waals surface area contributed by atoms with Gasteiger partial charge in [-0.3, -0.25) is 4.79 Å². The maximum atomic E-state index is 11.5. The first-order chi connectivity index (χ1) is 15.0. The minimum absolute atomic E-state index is 0.00250. The van der Waals surface area contributed by atoms with Gasteiger partial charge in [0.15, 0.2) is 16.8 Å². The lowest BCUT2D eigenvalue weighted by Crippen LogP contribution is -2.04. The summed E-state index contributed by atoms with van der Waals surface area (Å²) in [5.74, 6) is 2.08. The Kier molecular flexibility index (Phi) is 7.63. The maximum Gasteiger partial charge on any atom is 0.190 e. The maximum absolute atomic E-state index is 11.5. The smallest absolute Gasteiger partial charge is 0.190 e. The van der Waals surface area contributed by atoms with Crippen LogP contribution in [0, 0.1) is 11.3 Å². The molecule has 0 amide bonds. The van der Waals surface area contributed by atoms with E-state index < -0.39 is 0 Å². The van der Waals surface area contributed by atoms with Crippen LogP contribution < -0.4 is 10.1 Å². The van der Waals surface area contributed by atoms with Crippen molar-refractivity contribution in [1.82, 2.24) is 9.97 Å². The van der Waals surface area contributed by atoms with Gasteiger partial charge in [-0.15, -0.1) is 0 Å². The minimum atomic E-state index is 0.00250. The molecule has 1 heterocycles. The van der Waals surface area contributed by atoms with Gasteiger partial charge < -0.3 is 10.1 Å². The second-order valence-electron chi connectivity index (χ2n) is 6.88. The molecule has 0 radical (unpaired) electrons. The Bertz CT molecular complexity index is 1090. The van der Waals surface area contributed by atoms with Gasteiger partial charge in [0.25, 0.3) is 0 Å². The first kappa shape index (κ1) is 22.3. The summed E-state index contributed by atoms with van der Waals surface area (Å²) in [7, 11) is 1.61. The zero-order valence-electron chi connectivity index (χ0n) is 17.8. The number of carbonyl (C=O) groups is 1. The topological polar surface area (TPSA) is 87.9 Å². The summed E-state index contributed by atoms with van der Waals surface area (Å²) in [5, 5.41) is 13.8. The van der Waals surface area contributed by atoms with E-state index in [1.807, 2.05) is 24.3 Å². The molecular formula is C24H24N4O2S. The van der Waals surface area contributed by atoms with Crippen LogP contribution in [0.5, 0.6) is 5.75 Å². The van der Waals surface area contributed by atoms with E-state index in [9.17, 15) is 10.1 Å². The molecule has 0 spiro atoms. The van der Waals surface area contributed by atoms with Crippen molar-refractivity contribution in [2.75, 3.05) is 18.2 Å². The van der Waals surface area contributed by atoms with Gasteiger partial charge in [-0.05, 0) is 61.9 Å². The van der Waals surface area contributed by atoms with Crippen LogP contribution in [0.15, 0.2) is 53.7 Å². The summed E-state index contributed by atoms with van der Waals surface area (Å²) in [5.41, 5.74) is 3.11. The molecule has 0 atom stereocenters. The van der Waals surface area contributed by atoms with E-state index >= 15 is 0 Å². The van der Waals surface area contributed by atoms with Crippen molar-refractivity contribution in [3.63, 3.8) is 0 Å². The highest BCUT2D eigenvalue weighted by atomic mass is 32.2. The molecule has 31 heavy (non-hydrogen) atoms. The summed E-state index contributed by atoms with van der Waals surface area (Å²) in [6.45, 7) is 3.67. The number of rotatable bonds is 9. The average Bonchev–Trinajstić information content (AvgIpc) is 2.79. The lowest BCUT2D eigenvalue weighted by Gasteiger charge is -2.13. The Labute approximate surface area is 186 Å². The van der Waals surface area contributed by atoms with Gasteiger partial charge in [0.2, 0.25) is 0 Å². The van der Waals surface area contributed by atoms with Gasteiger partial charge >= 0.3 is 0 Å². The van der Waals surface area contributed by atoms with E-state index in [0.717, 1.165) is 35.6 Å². The number of ketones is 1. The third-order valence-electron chi connectivity index (χ3n) is 4.65. The number of anilines is 2. The molecule has 0 bridgehead atoms. The van der Waals surface area contributed by atoms with Gasteiger partial charge in [-0.25, -0.2) is 9.97 Å². The van der Waals surface area contributed by atoms with Crippen molar-refractivity contribution in [2.45, 2.75) is 31.8 Å². The summed E-state index contributed by atoms with van der Waals surface area (Å²) < 4.78 is 5.24. The molecule has 0 saturated carbocycles. The van der Waals surface area contributed by atoms with Gasteiger partial charge in [0.1, 0.15) is 17.4 Å². The summed E-state index contributed by atoms with van der Waals surface area (Å²) in [6.07, 6.45) is 2.14. The highest BCUT2D eigenvalue weighted by molar-refractivity contribution is 7.99. The van der Waals surface area contributed by atoms with Gasteiger partial charge in [-0.1, -0.05) is 25.1 Å². The fourth-order valence-electron chi connectivity index (χ4n) is 2.89. The Morgan fingerprint density at radius 3 is 2.42 bits per heavy atom. The van der Waals surface area contributed by atoms with E-state index in [1.54, 1.807) is 43.1 Å². The molecule has 1 aromatic heterocycles. The summed E-state index contributed by atoms with van der Waals surface area (Å²) >= 11 is 1.57. The third kappa shape index (κ3) is 5.62. The predicted octanol–water partition coefficient (Wildman–Crippen LogP) is 5.86. The molecule has 6 nitrogen and oxygen atoms in total. The second-order valence-corrected chi connectivity index (χ2v) is 7.94. The lowest BCUT2D eigenvalue weighted by molar-refractivity contribution is 0.101. The first-order valence-corrected chi connectivity index (χ1v) is 11.0. The molecule has 1 N–H and O–H groups in total. The van der Waals surface area contributed by atoms with Gasteiger partial charge in [-0.2, -0.15) is 5.26 Å². The van der Waals surface area contributed by atoms with Crippen LogP contribution in [0.25, 0.3) is 11.3 Å². The number of hydrogen-bond acceptors (Lipinski definition) is 7. The largest absolute Gasteiger partial charge is 0.497 e. The standard InChI is InChI=1S/C24H24N4O2S/c1-4-5-14-31-24-27-22(18-8-12-20(30-3)13-9-18)21(15-25)23(28-24)26-19-10-6-17(7-11-19)16(2)29/h6-13H,4-5,14H2,1-3H3,(H,26,27,28). The van der Waals surface area contributed by atoms with Crippen molar-refractivity contribution in [2.24, 2.45) is 0 Å². The molecule has 3 rings (SSSR count). The first-order valence-electron chi connectivity index (χ1n) is 10.0. The molecule has 0 fully saturated rings. The number of unbranched alkanes of at least 4 members (excludes halogenated alkanes) is 1. The Balaban J connectivity index is 2.03. The van der Waals surface area contributed by atoms with Crippen molar-refractivity contribution in [3.8, 4) is 23.1 Å². The van der Waals surface area contributed by atoms with Crippen LogP contribution >= 0.6 is 11.8 Å². The third-order valence-corrected chi connectivity index (χ3v) is 5.58. The number of methoxy groups -OCH3 is 1. The zero-order valence-corrected chi connectivity index (χ0v) is 18.6. The number of benzene rings is 2. The number of Topliss-reactive ketones (excluding diaryl/α,β-unsaturated/α-hetero) is 1. The van der Waals surface area contributed by atoms with Crippen LogP contribution in [-0.2, 0) is 0 Å². The number of thioether (sulfide) groups is 1. The molecule has 0 aliphatic rings. The fraction of sp³-hybridized carbons (Fsp3) is 0.250. The average molecular weight is 433 g/mol. The normalized spacial score (nSPS) is 10.4. The van der Waals surface area contributed by atoms with Crippen molar-refractivity contribution in [3.05, 3.63) is 59.7 Å². The van der Waals surface area contributed by atoms with Gasteiger partial charge in [0.05, 0.1) is 12.8 Å². The molecule has 0 unspecified atom stereocenters. The van der Waals surface area contributed by atoms with E-state index in [-0.39, 0.29) is 5.78 Å². The molecule has 7 heteroatoms. The number of carbonyl (C=O) groups excluding carboxylic acids is 1. The Morgan fingerprint density at radius 2 is 1.84 bits per heavy atom. The Hall–Kier alpha value is -3.37. The van der Waals surface area contributed by atoms with Crippen molar-refractivity contribution in [1.29, 1.82) is 5.26 Å². The Morgan fingerprint density at radius 1 is 1.13 bits per heavy atom. The minimum Gasteiger partial charge on any atom is -0.497 e. The van der Waals surface area contributed by atoms with Crippen LogP contribution in [-0.4, -0.2) is 28.6 Å². The van der Waals surface area contributed by atoms with Crippen molar-refractivity contribution < 1.29 is 9.53 Å². The molecule has 0 saturated heterocycles. The lowest BCUT2D eigenvalue weighted by atomic mass is 10.1. The molecule has 0 aliphatic carbocycles. The highest BCUT2D eigenvalue weighted by Crippen LogP contribution is 2.31. The fourth-order valence-corrected chi connectivity index (χ4v) is 3.82. The number of aromatic nitrogens is 2. The van der Waals surface area contributed by atoms with Crippen LogP contribution in [0.2, 0.25) is 0 Å². The van der Waals surface area contributed by atoms with Crippen LogP contribution in [0.3, 0.4) is 0 Å². The number of ether oxygens (including phenoxy) is 1. The molecule has 0 aliphatic heterocycles. The summed E-state index contributed by atoms with van der Waals surface area (Å²) in [4.78, 5) is 20.8. The highest BCUT2D eigenvalue weighted by Gasteiger charge is 2.17. The number of nitrogens with one attached hydrogen (secondary N) is 1. The molecular weight excluding hydrogens is 408 g/mol. The monoisotopic (exact) mass is 432 g/mol. The number of nitriles is 1. The number of hydrogen-bond donors (Lipinski definition) is 1. The van der Waals surface area contributed by atoms with E-state index in [4.69, 9.17) is 4.74 Å². The van der Waals surface area contributed by atoms with Gasteiger partial charge in [0, 0.05) is 22.6 Å². The van der Waals surface area contributed by atoms with E-state index in [0.29, 0.717) is 27.8 Å². The number of nitrogens with zero attached hydrogens (tertiary/aromatic N) is 3. The zero-order chi connectivity index (χ0) is 22.2. The summed E-state index contributed by atoms with van der Waals surface area (Å²) in [6, 6.07) is 16.8. The van der Waals surface area contributed by atoms with Crippen LogP contribution in [0.4, 0.5) is 11.5 Å². The SMILES string of the molecule is CCCCSc1nc(Nc2ccc(C(C)=O)cc2)c(C#N)c(-c2ccc(OC)cc2)n1. The molecule has 3 aromatic rings. The molecule has 158 valence electrons. The second kappa shape index (κ2) is 10.6. The quantitative estimate of drug-likeness (QED) is 0.196. The van der Waals surface area contributed by atoms with E-state index in [2.05, 4.69) is 28.3 Å². The molecule has 2 aromatic carbocycles. The van der Waals surface area contributed by atoms with E-state index in [1.165, 1.54) is 6.92 Å².